The van der Waals surface area contributed by atoms with Crippen LogP contribution in [-0.4, -0.2) is 17.6 Å². The molecule has 0 heterocycles. The van der Waals surface area contributed by atoms with Gasteiger partial charge in [0.25, 0.3) is 5.91 Å². The van der Waals surface area contributed by atoms with Crippen molar-refractivity contribution in [2.45, 2.75) is 32.3 Å². The van der Waals surface area contributed by atoms with Gasteiger partial charge in [-0.05, 0) is 55.5 Å². The summed E-state index contributed by atoms with van der Waals surface area (Å²) in [7, 11) is 0. The van der Waals surface area contributed by atoms with Gasteiger partial charge >= 0.3 is 0 Å². The number of benzene rings is 2. The van der Waals surface area contributed by atoms with Crippen LogP contribution in [-0.2, 0) is 17.6 Å². The van der Waals surface area contributed by atoms with E-state index in [4.69, 9.17) is 4.74 Å². The van der Waals surface area contributed by atoms with Gasteiger partial charge in [-0.3, -0.25) is 4.79 Å². The summed E-state index contributed by atoms with van der Waals surface area (Å²) in [5.41, 5.74) is 4.01. The monoisotopic (exact) mass is 311 g/mol. The van der Waals surface area contributed by atoms with Crippen molar-refractivity contribution in [2.24, 2.45) is 0 Å². The number of carbonyl (C=O) groups is 1. The van der Waals surface area contributed by atoms with E-state index in [9.17, 15) is 9.90 Å². The van der Waals surface area contributed by atoms with Crippen LogP contribution in [0.25, 0.3) is 0 Å². The number of aryl methyl sites for hydroxylation is 2. The van der Waals surface area contributed by atoms with Gasteiger partial charge in [-0.1, -0.05) is 24.3 Å². The van der Waals surface area contributed by atoms with Crippen LogP contribution in [0.15, 0.2) is 42.5 Å². The standard InChI is InChI=1S/C19H21NO3/c1-13(21)17-7-2-3-8-18(17)20-19(22)12-23-16-10-9-14-5-4-6-15(14)11-16/h2-3,7-11,13,21H,4-6,12H2,1H3,(H,20,22). The van der Waals surface area contributed by atoms with Crippen LogP contribution in [0.4, 0.5) is 5.69 Å². The van der Waals surface area contributed by atoms with Crippen LogP contribution in [0.2, 0.25) is 0 Å². The Kier molecular flexibility index (Phi) is 4.63. The minimum Gasteiger partial charge on any atom is -0.484 e. The molecule has 2 aromatic rings. The van der Waals surface area contributed by atoms with Crippen molar-refractivity contribution >= 4 is 11.6 Å². The molecule has 0 aromatic heterocycles. The fourth-order valence-electron chi connectivity index (χ4n) is 2.95. The molecule has 3 rings (SSSR count). The highest BCUT2D eigenvalue weighted by Gasteiger charge is 2.13. The summed E-state index contributed by atoms with van der Waals surface area (Å²) >= 11 is 0. The van der Waals surface area contributed by atoms with E-state index in [1.807, 2.05) is 24.3 Å². The van der Waals surface area contributed by atoms with Gasteiger partial charge in [-0.25, -0.2) is 0 Å². The molecule has 1 atom stereocenters. The number of amides is 1. The van der Waals surface area contributed by atoms with E-state index in [2.05, 4.69) is 11.4 Å². The lowest BCUT2D eigenvalue weighted by Crippen LogP contribution is -2.21. The van der Waals surface area contributed by atoms with Gasteiger partial charge in [-0.2, -0.15) is 0 Å². The predicted octanol–water partition coefficient (Wildman–Crippen LogP) is 3.25. The second-order valence-corrected chi connectivity index (χ2v) is 5.88. The maximum atomic E-state index is 12.1. The molecular weight excluding hydrogens is 290 g/mol. The highest BCUT2D eigenvalue weighted by molar-refractivity contribution is 5.92. The maximum Gasteiger partial charge on any atom is 0.262 e. The summed E-state index contributed by atoms with van der Waals surface area (Å²) < 4.78 is 5.59. The highest BCUT2D eigenvalue weighted by Crippen LogP contribution is 2.26. The largest absolute Gasteiger partial charge is 0.484 e. The predicted molar refractivity (Wildman–Crippen MR) is 89.7 cm³/mol. The lowest BCUT2D eigenvalue weighted by Gasteiger charge is -2.13. The van der Waals surface area contributed by atoms with Crippen LogP contribution in [0.3, 0.4) is 0 Å². The van der Waals surface area contributed by atoms with Gasteiger partial charge in [-0.15, -0.1) is 0 Å². The second-order valence-electron chi connectivity index (χ2n) is 5.88. The average Bonchev–Trinajstić information content (AvgIpc) is 3.01. The zero-order valence-corrected chi connectivity index (χ0v) is 13.2. The maximum absolute atomic E-state index is 12.1. The topological polar surface area (TPSA) is 58.6 Å². The normalized spacial score (nSPS) is 14.2. The molecule has 0 bridgehead atoms. The first-order chi connectivity index (χ1) is 11.1. The fourth-order valence-corrected chi connectivity index (χ4v) is 2.95. The molecule has 0 saturated carbocycles. The molecular formula is C19H21NO3. The van der Waals surface area contributed by atoms with Crippen molar-refractivity contribution < 1.29 is 14.6 Å². The molecule has 0 spiro atoms. The number of rotatable bonds is 5. The minimum absolute atomic E-state index is 0.0487. The van der Waals surface area contributed by atoms with E-state index >= 15 is 0 Å². The number of anilines is 1. The van der Waals surface area contributed by atoms with Crippen molar-refractivity contribution in [1.29, 1.82) is 0 Å². The quantitative estimate of drug-likeness (QED) is 0.891. The molecule has 23 heavy (non-hydrogen) atoms. The van der Waals surface area contributed by atoms with Crippen molar-refractivity contribution in [1.82, 2.24) is 0 Å². The Balaban J connectivity index is 1.60. The summed E-state index contributed by atoms with van der Waals surface area (Å²) in [5, 5.41) is 12.5. The Labute approximate surface area is 136 Å². The number of carbonyl (C=O) groups excluding carboxylic acids is 1. The summed E-state index contributed by atoms with van der Waals surface area (Å²) in [5.74, 6) is 0.489. The highest BCUT2D eigenvalue weighted by atomic mass is 16.5. The summed E-state index contributed by atoms with van der Waals surface area (Å²) in [6.45, 7) is 1.62. The van der Waals surface area contributed by atoms with Crippen LogP contribution in [0.1, 0.15) is 36.1 Å². The van der Waals surface area contributed by atoms with Crippen molar-refractivity contribution in [3.8, 4) is 5.75 Å². The first kappa shape index (κ1) is 15.6. The van der Waals surface area contributed by atoms with Crippen LogP contribution >= 0.6 is 0 Å². The third-order valence-electron chi connectivity index (χ3n) is 4.12. The Hall–Kier alpha value is -2.33. The molecule has 0 saturated heterocycles. The van der Waals surface area contributed by atoms with E-state index in [1.165, 1.54) is 17.5 Å². The molecule has 120 valence electrons. The molecule has 0 aliphatic heterocycles. The third kappa shape index (κ3) is 3.71. The summed E-state index contributed by atoms with van der Waals surface area (Å²) in [6, 6.07) is 13.2. The van der Waals surface area contributed by atoms with Gasteiger partial charge in [0.15, 0.2) is 6.61 Å². The van der Waals surface area contributed by atoms with Crippen molar-refractivity contribution in [3.05, 3.63) is 59.2 Å². The molecule has 4 nitrogen and oxygen atoms in total. The Bertz CT molecular complexity index is 710. The molecule has 2 N–H and O–H groups in total. The van der Waals surface area contributed by atoms with E-state index in [-0.39, 0.29) is 12.5 Å². The average molecular weight is 311 g/mol. The van der Waals surface area contributed by atoms with Crippen molar-refractivity contribution in [2.75, 3.05) is 11.9 Å². The van der Waals surface area contributed by atoms with Gasteiger partial charge in [0.2, 0.25) is 0 Å². The first-order valence-electron chi connectivity index (χ1n) is 7.95. The van der Waals surface area contributed by atoms with Gasteiger partial charge in [0.05, 0.1) is 6.10 Å². The smallest absolute Gasteiger partial charge is 0.262 e. The zero-order valence-electron chi connectivity index (χ0n) is 13.2. The number of aliphatic hydroxyl groups excluding tert-OH is 1. The SMILES string of the molecule is CC(O)c1ccccc1NC(=O)COc1ccc2c(c1)CCC2. The fraction of sp³-hybridized carbons (Fsp3) is 0.316. The molecule has 1 aliphatic rings. The van der Waals surface area contributed by atoms with E-state index in [0.29, 0.717) is 11.3 Å². The van der Waals surface area contributed by atoms with Crippen molar-refractivity contribution in [3.63, 3.8) is 0 Å². The lowest BCUT2D eigenvalue weighted by molar-refractivity contribution is -0.118. The Morgan fingerprint density at radius 2 is 2.00 bits per heavy atom. The number of hydrogen-bond donors (Lipinski definition) is 2. The molecule has 1 unspecified atom stereocenters. The van der Waals surface area contributed by atoms with Gasteiger partial charge < -0.3 is 15.2 Å². The number of hydrogen-bond acceptors (Lipinski definition) is 3. The third-order valence-corrected chi connectivity index (χ3v) is 4.12. The molecule has 1 amide bonds. The minimum atomic E-state index is -0.635. The molecule has 1 aliphatic carbocycles. The number of fused-ring (bicyclic) bond motifs is 1. The summed E-state index contributed by atoms with van der Waals surface area (Å²) in [4.78, 5) is 12.1. The van der Waals surface area contributed by atoms with Gasteiger partial charge in [0, 0.05) is 11.3 Å². The number of ether oxygens (including phenoxy) is 1. The number of para-hydroxylation sites is 1. The van der Waals surface area contributed by atoms with Crippen LogP contribution < -0.4 is 10.1 Å². The molecule has 0 radical (unpaired) electrons. The second kappa shape index (κ2) is 6.84. The van der Waals surface area contributed by atoms with Gasteiger partial charge in [0.1, 0.15) is 5.75 Å². The molecule has 4 heteroatoms. The number of aliphatic hydroxyl groups is 1. The van der Waals surface area contributed by atoms with E-state index in [0.717, 1.165) is 18.6 Å². The molecule has 2 aromatic carbocycles. The Morgan fingerprint density at radius 3 is 2.83 bits per heavy atom. The van der Waals surface area contributed by atoms with Crippen LogP contribution in [0.5, 0.6) is 5.75 Å². The van der Waals surface area contributed by atoms with Crippen LogP contribution in [0, 0.1) is 0 Å². The number of nitrogens with one attached hydrogen (secondary N) is 1. The molecule has 0 fully saturated rings. The first-order valence-corrected chi connectivity index (χ1v) is 7.95. The lowest BCUT2D eigenvalue weighted by atomic mass is 10.1. The van der Waals surface area contributed by atoms with E-state index < -0.39 is 6.10 Å². The zero-order chi connectivity index (χ0) is 16.2. The Morgan fingerprint density at radius 1 is 1.22 bits per heavy atom. The summed E-state index contributed by atoms with van der Waals surface area (Å²) in [6.07, 6.45) is 2.77. The van der Waals surface area contributed by atoms with E-state index in [1.54, 1.807) is 19.1 Å².